The molecule has 30 heavy (non-hydrogen) atoms. The molecule has 0 aliphatic heterocycles. The summed E-state index contributed by atoms with van der Waals surface area (Å²) in [5.74, 6) is -5.98. The maximum atomic E-state index is 14.3. The van der Waals surface area contributed by atoms with E-state index >= 15 is 0 Å². The van der Waals surface area contributed by atoms with Crippen LogP contribution < -0.4 is 0 Å². The van der Waals surface area contributed by atoms with Crippen molar-refractivity contribution in [3.8, 4) is 0 Å². The standard InChI is InChI=1S/C20H18FNO8/c21-16-8-12(18(25)26)2-3-13(16)10-22(6-5-17(23)24)9-11-1-4-14(19(27)28)15(7-11)20(29)30/h1-4,7-8H,5-6,9-10H2,(H,23,24)(H,25,26)(H,27,28)(H,29,30). The number of nitrogens with zero attached hydrogens (tertiary/aromatic N) is 1. The number of aliphatic carboxylic acids is 1. The molecule has 0 atom stereocenters. The van der Waals surface area contributed by atoms with Crippen LogP contribution >= 0.6 is 0 Å². The molecule has 0 aliphatic rings. The number of carbonyl (C=O) groups is 4. The van der Waals surface area contributed by atoms with E-state index in [1.165, 1.54) is 29.2 Å². The van der Waals surface area contributed by atoms with Gasteiger partial charge in [0.1, 0.15) is 5.82 Å². The van der Waals surface area contributed by atoms with Crippen LogP contribution in [0.4, 0.5) is 4.39 Å². The summed E-state index contributed by atoms with van der Waals surface area (Å²) in [5.41, 5.74) is -0.520. The fourth-order valence-electron chi connectivity index (χ4n) is 2.83. The molecule has 0 radical (unpaired) electrons. The van der Waals surface area contributed by atoms with Gasteiger partial charge in [0.05, 0.1) is 23.1 Å². The Labute approximate surface area is 169 Å². The topological polar surface area (TPSA) is 152 Å². The molecule has 0 aliphatic carbocycles. The predicted molar refractivity (Wildman–Crippen MR) is 100 cm³/mol. The summed E-state index contributed by atoms with van der Waals surface area (Å²) >= 11 is 0. The maximum absolute atomic E-state index is 14.3. The normalized spacial score (nSPS) is 10.7. The number of carboxylic acid groups (broad SMARTS) is 4. The van der Waals surface area contributed by atoms with E-state index < -0.39 is 40.8 Å². The molecule has 2 aromatic carbocycles. The third kappa shape index (κ3) is 5.85. The summed E-state index contributed by atoms with van der Waals surface area (Å²) < 4.78 is 14.3. The lowest BCUT2D eigenvalue weighted by atomic mass is 10.0. The van der Waals surface area contributed by atoms with E-state index in [0.29, 0.717) is 5.56 Å². The van der Waals surface area contributed by atoms with E-state index in [1.54, 1.807) is 0 Å². The van der Waals surface area contributed by atoms with E-state index in [0.717, 1.165) is 12.1 Å². The molecule has 0 spiro atoms. The highest BCUT2D eigenvalue weighted by molar-refractivity contribution is 6.01. The Hall–Kier alpha value is -3.79. The van der Waals surface area contributed by atoms with Gasteiger partial charge in [-0.1, -0.05) is 12.1 Å². The van der Waals surface area contributed by atoms with Crippen LogP contribution in [0.3, 0.4) is 0 Å². The molecule has 9 nitrogen and oxygen atoms in total. The van der Waals surface area contributed by atoms with Crippen LogP contribution in [-0.2, 0) is 17.9 Å². The Morgan fingerprint density at radius 3 is 2.00 bits per heavy atom. The minimum absolute atomic E-state index is 0.00145. The van der Waals surface area contributed by atoms with Gasteiger partial charge in [-0.15, -0.1) is 0 Å². The average molecular weight is 419 g/mol. The van der Waals surface area contributed by atoms with Crippen molar-refractivity contribution < 1.29 is 44.0 Å². The van der Waals surface area contributed by atoms with Gasteiger partial charge in [-0.3, -0.25) is 9.69 Å². The minimum atomic E-state index is -1.43. The van der Waals surface area contributed by atoms with Crippen molar-refractivity contribution in [3.63, 3.8) is 0 Å². The largest absolute Gasteiger partial charge is 0.481 e. The van der Waals surface area contributed by atoms with Gasteiger partial charge < -0.3 is 20.4 Å². The number of hydrogen-bond donors (Lipinski definition) is 4. The Morgan fingerprint density at radius 2 is 1.47 bits per heavy atom. The third-order valence-electron chi connectivity index (χ3n) is 4.29. The lowest BCUT2D eigenvalue weighted by Crippen LogP contribution is -2.26. The Bertz CT molecular complexity index is 1000. The maximum Gasteiger partial charge on any atom is 0.336 e. The highest BCUT2D eigenvalue weighted by atomic mass is 19.1. The molecule has 0 heterocycles. The predicted octanol–water partition coefficient (Wildman–Crippen LogP) is 2.40. The second kappa shape index (κ2) is 9.61. The molecule has 2 aromatic rings. The van der Waals surface area contributed by atoms with E-state index in [9.17, 15) is 28.7 Å². The van der Waals surface area contributed by atoms with Crippen LogP contribution in [0.15, 0.2) is 36.4 Å². The molecule has 0 fully saturated rings. The van der Waals surface area contributed by atoms with Crippen molar-refractivity contribution in [3.05, 3.63) is 70.0 Å². The molecule has 0 amide bonds. The first-order chi connectivity index (χ1) is 14.1. The summed E-state index contributed by atoms with van der Waals surface area (Å²) in [6.07, 6.45) is -0.270. The van der Waals surface area contributed by atoms with Crippen molar-refractivity contribution in [2.24, 2.45) is 0 Å². The van der Waals surface area contributed by atoms with Gasteiger partial charge in [-0.05, 0) is 29.8 Å². The van der Waals surface area contributed by atoms with Crippen molar-refractivity contribution in [1.82, 2.24) is 4.90 Å². The first-order valence-electron chi connectivity index (χ1n) is 8.64. The van der Waals surface area contributed by atoms with Crippen LogP contribution in [0.2, 0.25) is 0 Å². The Morgan fingerprint density at radius 1 is 0.800 bits per heavy atom. The van der Waals surface area contributed by atoms with Gasteiger partial charge in [-0.2, -0.15) is 0 Å². The molecule has 2 rings (SSSR count). The fourth-order valence-corrected chi connectivity index (χ4v) is 2.83. The number of benzene rings is 2. The van der Waals surface area contributed by atoms with E-state index in [4.69, 9.17) is 15.3 Å². The summed E-state index contributed by atoms with van der Waals surface area (Å²) in [7, 11) is 0. The first-order valence-corrected chi connectivity index (χ1v) is 8.64. The quantitative estimate of drug-likeness (QED) is 0.455. The monoisotopic (exact) mass is 419 g/mol. The van der Waals surface area contributed by atoms with E-state index in [2.05, 4.69) is 0 Å². The van der Waals surface area contributed by atoms with Crippen LogP contribution in [0.5, 0.6) is 0 Å². The molecule has 10 heteroatoms. The third-order valence-corrected chi connectivity index (χ3v) is 4.29. The number of rotatable bonds is 10. The minimum Gasteiger partial charge on any atom is -0.481 e. The zero-order chi connectivity index (χ0) is 22.4. The number of halogens is 1. The Kier molecular flexibility index (Phi) is 7.21. The molecule has 0 saturated carbocycles. The molecule has 0 saturated heterocycles. The lowest BCUT2D eigenvalue weighted by Gasteiger charge is -2.22. The van der Waals surface area contributed by atoms with Gasteiger partial charge >= 0.3 is 23.9 Å². The lowest BCUT2D eigenvalue weighted by molar-refractivity contribution is -0.137. The molecule has 0 bridgehead atoms. The van der Waals surface area contributed by atoms with Crippen molar-refractivity contribution in [1.29, 1.82) is 0 Å². The van der Waals surface area contributed by atoms with Gasteiger partial charge in [-0.25, -0.2) is 18.8 Å². The van der Waals surface area contributed by atoms with Gasteiger partial charge in [0, 0.05) is 25.2 Å². The van der Waals surface area contributed by atoms with Crippen molar-refractivity contribution in [2.75, 3.05) is 6.54 Å². The molecular weight excluding hydrogens is 401 g/mol. The molecule has 0 aromatic heterocycles. The molecule has 0 unspecified atom stereocenters. The summed E-state index contributed by atoms with van der Waals surface area (Å²) in [5, 5.41) is 36.2. The zero-order valence-electron chi connectivity index (χ0n) is 15.5. The van der Waals surface area contributed by atoms with Gasteiger partial charge in [0.2, 0.25) is 0 Å². The highest BCUT2D eigenvalue weighted by Crippen LogP contribution is 2.18. The second-order valence-corrected chi connectivity index (χ2v) is 6.46. The fraction of sp³-hybridized carbons (Fsp3) is 0.200. The SMILES string of the molecule is O=C(O)CCN(Cc1ccc(C(=O)O)c(C(=O)O)c1)Cc1ccc(C(=O)O)cc1F. The van der Waals surface area contributed by atoms with Crippen molar-refractivity contribution >= 4 is 23.9 Å². The number of carboxylic acids is 4. The average Bonchev–Trinajstić information content (AvgIpc) is 2.67. The summed E-state index contributed by atoms with van der Waals surface area (Å²) in [6.45, 7) is -0.0474. The smallest absolute Gasteiger partial charge is 0.336 e. The van der Waals surface area contributed by atoms with Crippen LogP contribution in [0, 0.1) is 5.82 Å². The van der Waals surface area contributed by atoms with Gasteiger partial charge in [0.15, 0.2) is 0 Å². The summed E-state index contributed by atoms with van der Waals surface area (Å²) in [4.78, 5) is 45.9. The first kappa shape index (κ1) is 22.5. The van der Waals surface area contributed by atoms with Gasteiger partial charge in [0.25, 0.3) is 0 Å². The number of aromatic carboxylic acids is 3. The molecule has 158 valence electrons. The zero-order valence-corrected chi connectivity index (χ0v) is 15.5. The number of hydrogen-bond acceptors (Lipinski definition) is 5. The highest BCUT2D eigenvalue weighted by Gasteiger charge is 2.18. The van der Waals surface area contributed by atoms with Crippen LogP contribution in [0.1, 0.15) is 48.6 Å². The Balaban J connectivity index is 2.30. The summed E-state index contributed by atoms with van der Waals surface area (Å²) in [6, 6.07) is 7.07. The van der Waals surface area contributed by atoms with E-state index in [-0.39, 0.29) is 37.2 Å². The van der Waals surface area contributed by atoms with E-state index in [1.807, 2.05) is 0 Å². The molecular formula is C20H18FNO8. The second-order valence-electron chi connectivity index (χ2n) is 6.46. The molecule has 4 N–H and O–H groups in total. The van der Waals surface area contributed by atoms with Crippen molar-refractivity contribution in [2.45, 2.75) is 19.5 Å². The van der Waals surface area contributed by atoms with Crippen LogP contribution in [0.25, 0.3) is 0 Å². The van der Waals surface area contributed by atoms with Crippen LogP contribution in [-0.4, -0.2) is 55.7 Å².